The topological polar surface area (TPSA) is 313 Å². The molecule has 0 saturated carbocycles. The number of methoxy groups -OCH3 is 4. The molecule has 6 aromatic rings. The number of fused-ring (bicyclic) bond motifs is 16. The Bertz CT molecular complexity index is 4830. The summed E-state index contributed by atoms with van der Waals surface area (Å²) in [5, 5.41) is 13.4. The highest BCUT2D eigenvalue weighted by Gasteiger charge is 2.38. The van der Waals surface area contributed by atoms with E-state index in [9.17, 15) is 38.7 Å². The Morgan fingerprint density at radius 1 is 0.505 bits per heavy atom. The molecule has 0 saturated heterocycles. The van der Waals surface area contributed by atoms with Crippen molar-refractivity contribution in [2.75, 3.05) is 35.0 Å². The van der Waals surface area contributed by atoms with Crippen molar-refractivity contribution >= 4 is 120 Å². The van der Waals surface area contributed by atoms with E-state index in [0.29, 0.717) is 57.9 Å². The number of carboxylic acid groups (broad SMARTS) is 1. The third-order valence-electron chi connectivity index (χ3n) is 19.8. The number of amides is 1. The second-order valence-electron chi connectivity index (χ2n) is 27.0. The van der Waals surface area contributed by atoms with Gasteiger partial charge in [-0.15, -0.1) is 0 Å². The minimum absolute atomic E-state index is 0.00198. The number of aryl methyl sites for hydroxylation is 6. The SMILES string of the molecule is C=Cc1c(C)c2cc3nc(c(CC(=O)OC)c4nc(cc5[nH]c(cc1[nH]2)c(C)c5CC)C(C)=C4C(=O)NCCC(=O)OC(C)(C)C)[C@@H](CCC(=O)OC)[C@@H]3C.C=Cc1c(C)c2cc3nc(c(CC(=O)OC)c4nc(cc5[nH]c(cc1[nH]2)c(C)c5CC)C(C)=C4C(=O)O)[C@@H](CCC(=O)OC)[C@@H]3C. The lowest BCUT2D eigenvalue weighted by molar-refractivity contribution is -0.154. The van der Waals surface area contributed by atoms with Crippen LogP contribution in [0.25, 0.3) is 78.6 Å². The smallest absolute Gasteiger partial charge is 0.338 e. The molecule has 0 aromatic carbocycles. The molecule has 1 amide bonds. The summed E-state index contributed by atoms with van der Waals surface area (Å²) in [4.78, 5) is 125. The number of esters is 5. The molecule has 6 N–H and O–H groups in total. The van der Waals surface area contributed by atoms with Gasteiger partial charge < -0.3 is 54.0 Å². The van der Waals surface area contributed by atoms with Crippen LogP contribution in [0, 0.1) is 27.7 Å². The number of carbonyl (C=O) groups excluding carboxylic acids is 6. The summed E-state index contributed by atoms with van der Waals surface area (Å²) < 4.78 is 25.7. The molecular formula is C79H93N9O13. The monoisotopic (exact) mass is 1380 g/mol. The number of nitrogens with zero attached hydrogens (tertiary/aromatic N) is 4. The summed E-state index contributed by atoms with van der Waals surface area (Å²) in [5.41, 5.74) is 20.6. The number of carbonyl (C=O) groups is 7. The zero-order valence-corrected chi connectivity index (χ0v) is 61.0. The van der Waals surface area contributed by atoms with E-state index in [1.54, 1.807) is 27.7 Å². The van der Waals surface area contributed by atoms with E-state index in [1.807, 2.05) is 71.0 Å². The Hall–Kier alpha value is -10.5. The minimum Gasteiger partial charge on any atom is -0.478 e. The summed E-state index contributed by atoms with van der Waals surface area (Å²) in [7, 11) is 5.29. The first kappa shape index (κ1) is 74.7. The largest absolute Gasteiger partial charge is 0.478 e. The number of rotatable bonds is 19. The highest BCUT2D eigenvalue weighted by atomic mass is 16.6. The van der Waals surface area contributed by atoms with Crippen LogP contribution in [0.4, 0.5) is 0 Å². The van der Waals surface area contributed by atoms with Crippen LogP contribution < -0.4 is 5.32 Å². The quantitative estimate of drug-likeness (QED) is 0.0324. The van der Waals surface area contributed by atoms with Gasteiger partial charge in [-0.1, -0.05) is 53.0 Å². The van der Waals surface area contributed by atoms with E-state index >= 15 is 0 Å². The number of aliphatic carboxylic acids is 1. The summed E-state index contributed by atoms with van der Waals surface area (Å²) in [6.45, 7) is 33.5. The molecule has 4 aliphatic rings. The number of aromatic nitrogens is 8. The van der Waals surface area contributed by atoms with E-state index in [0.717, 1.165) is 113 Å². The van der Waals surface area contributed by atoms with Crippen molar-refractivity contribution in [1.82, 2.24) is 45.2 Å². The highest BCUT2D eigenvalue weighted by molar-refractivity contribution is 6.28. The molecule has 532 valence electrons. The molecule has 0 unspecified atom stereocenters. The van der Waals surface area contributed by atoms with Crippen LogP contribution in [-0.2, 0) is 82.9 Å². The van der Waals surface area contributed by atoms with Gasteiger partial charge in [0.1, 0.15) is 5.60 Å². The van der Waals surface area contributed by atoms with Crippen molar-refractivity contribution in [2.24, 2.45) is 0 Å². The summed E-state index contributed by atoms with van der Waals surface area (Å²) in [5.74, 6) is -4.94. The number of carboxylic acids is 1. The maximum Gasteiger partial charge on any atom is 0.338 e. The maximum absolute atomic E-state index is 14.3. The molecule has 6 aromatic heterocycles. The average Bonchev–Trinajstić information content (AvgIpc) is 1.61. The molecule has 4 atom stereocenters. The molecule has 4 aliphatic heterocycles. The number of allylic oxidation sites excluding steroid dienone is 2. The summed E-state index contributed by atoms with van der Waals surface area (Å²) in [6.07, 6.45) is 5.62. The lowest BCUT2D eigenvalue weighted by Crippen LogP contribution is -2.30. The van der Waals surface area contributed by atoms with Gasteiger partial charge in [0.15, 0.2) is 0 Å². The van der Waals surface area contributed by atoms with Gasteiger partial charge in [-0.3, -0.25) is 38.7 Å². The fourth-order valence-electron chi connectivity index (χ4n) is 14.2. The fraction of sp³-hybridized carbons (Fsp3) is 0.405. The predicted octanol–water partition coefficient (Wildman–Crippen LogP) is 14.2. The first-order chi connectivity index (χ1) is 47.9. The molecule has 10 heterocycles. The zero-order valence-electron chi connectivity index (χ0n) is 61.0. The van der Waals surface area contributed by atoms with Crippen LogP contribution in [0.2, 0.25) is 0 Å². The van der Waals surface area contributed by atoms with E-state index in [4.69, 9.17) is 43.6 Å². The van der Waals surface area contributed by atoms with Crippen molar-refractivity contribution in [3.8, 4) is 0 Å². The van der Waals surface area contributed by atoms with Crippen molar-refractivity contribution < 1.29 is 62.4 Å². The molecule has 0 aliphatic carbocycles. The Labute approximate surface area is 588 Å². The van der Waals surface area contributed by atoms with Crippen LogP contribution in [0.1, 0.15) is 219 Å². The summed E-state index contributed by atoms with van der Waals surface area (Å²) >= 11 is 0. The molecule has 0 radical (unpaired) electrons. The second kappa shape index (κ2) is 30.9. The van der Waals surface area contributed by atoms with Crippen LogP contribution >= 0.6 is 0 Å². The molecule has 0 fully saturated rings. The number of hydrogen-bond acceptors (Lipinski definition) is 16. The second-order valence-corrected chi connectivity index (χ2v) is 27.0. The minimum atomic E-state index is -1.16. The molecule has 101 heavy (non-hydrogen) atoms. The van der Waals surface area contributed by atoms with E-state index in [1.165, 1.54) is 28.4 Å². The van der Waals surface area contributed by atoms with Crippen LogP contribution in [-0.4, -0.2) is 127 Å². The van der Waals surface area contributed by atoms with Crippen LogP contribution in [0.5, 0.6) is 0 Å². The Balaban J connectivity index is 0.000000239. The highest BCUT2D eigenvalue weighted by Crippen LogP contribution is 2.46. The first-order valence-electron chi connectivity index (χ1n) is 34.1. The van der Waals surface area contributed by atoms with Gasteiger partial charge in [-0.05, 0) is 169 Å². The van der Waals surface area contributed by atoms with Crippen molar-refractivity contribution in [3.05, 3.63) is 151 Å². The molecule has 0 spiro atoms. The Morgan fingerprint density at radius 2 is 0.891 bits per heavy atom. The van der Waals surface area contributed by atoms with Gasteiger partial charge in [-0.25, -0.2) is 14.8 Å². The van der Waals surface area contributed by atoms with Gasteiger partial charge >= 0.3 is 35.8 Å². The van der Waals surface area contributed by atoms with Crippen LogP contribution in [0.3, 0.4) is 0 Å². The molecule has 10 rings (SSSR count). The predicted molar refractivity (Wildman–Crippen MR) is 392 cm³/mol. The normalized spacial score (nSPS) is 15.7. The van der Waals surface area contributed by atoms with Crippen molar-refractivity contribution in [3.63, 3.8) is 0 Å². The van der Waals surface area contributed by atoms with Crippen molar-refractivity contribution in [2.45, 2.75) is 177 Å². The van der Waals surface area contributed by atoms with Gasteiger partial charge in [0.2, 0.25) is 0 Å². The van der Waals surface area contributed by atoms with Gasteiger partial charge in [0.05, 0.1) is 93.0 Å². The number of H-pyrrole nitrogens is 4. The van der Waals surface area contributed by atoms with Gasteiger partial charge in [-0.2, -0.15) is 0 Å². The average molecular weight is 1380 g/mol. The number of nitrogens with one attached hydrogen (secondary N) is 5. The molecule has 22 heteroatoms. The maximum atomic E-state index is 14.3. The zero-order chi connectivity index (χ0) is 73.8. The van der Waals surface area contributed by atoms with Crippen LogP contribution in [0.15, 0.2) is 49.6 Å². The fourth-order valence-corrected chi connectivity index (χ4v) is 14.2. The number of ether oxygens (including phenoxy) is 5. The lowest BCUT2D eigenvalue weighted by atomic mass is 9.84. The van der Waals surface area contributed by atoms with Crippen molar-refractivity contribution in [1.29, 1.82) is 0 Å². The Morgan fingerprint density at radius 3 is 1.27 bits per heavy atom. The van der Waals surface area contributed by atoms with Gasteiger partial charge in [0, 0.05) is 121 Å². The summed E-state index contributed by atoms with van der Waals surface area (Å²) in [6, 6.07) is 11.9. The lowest BCUT2D eigenvalue weighted by Gasteiger charge is -2.19. The third kappa shape index (κ3) is 15.5. The van der Waals surface area contributed by atoms with Gasteiger partial charge in [0.25, 0.3) is 5.91 Å². The standard InChI is InChI=1S/C43H53N5O7.C36H40N4O6/c1-12-26-22(3)30-19-32-24(5)28(14-15-36(49)53-10)40(47-32)29(18-38(51)54-11)41-39(42(52)44-17-16-37(50)55-43(7,8)9)25(6)33(48-41)21-35-27(13-2)23(4)31(46-35)20-34(26)45-30;1-9-21-17(3)25-14-27-19(5)23(11-12-31(41)45-7)34(39-27)24(13-32(42)46-8)35-33(36(43)44)20(6)28(40-35)16-30-22(10-2)18(4)26(38-30)15-29(21)37-25/h12,19-21,24,28,45-46H,1,13-18H2,2-11H3,(H,44,52);9,14-16,19,23,37-38H,1,10-13H2,2-8H3,(H,43,44)/t24-,28-;19-,23-/m00/s1. The van der Waals surface area contributed by atoms with E-state index < -0.39 is 35.4 Å². The third-order valence-corrected chi connectivity index (χ3v) is 19.8. The molecular weight excluding hydrogens is 1280 g/mol. The van der Waals surface area contributed by atoms with E-state index in [2.05, 4.69) is 78.2 Å². The molecule has 22 nitrogen and oxygen atoms in total. The number of aromatic amines is 4. The van der Waals surface area contributed by atoms with E-state index in [-0.39, 0.29) is 96.8 Å². The Kier molecular flexibility index (Phi) is 22.9. The number of hydrogen-bond donors (Lipinski definition) is 6. The molecule has 16 bridgehead atoms. The first-order valence-corrected chi connectivity index (χ1v) is 34.1.